The third-order valence-corrected chi connectivity index (χ3v) is 3.98. The molecule has 2 N–H and O–H groups in total. The minimum Gasteiger partial charge on any atom is -0.496 e. The normalized spacial score (nSPS) is 11.0. The second-order valence-electron chi connectivity index (χ2n) is 5.85. The number of carbonyl (C=O) groups excluding carboxylic acids is 2. The molecule has 0 aliphatic heterocycles. The van der Waals surface area contributed by atoms with Gasteiger partial charge in [-0.05, 0) is 48.9 Å². The topological polar surface area (TPSA) is 92.9 Å². The largest absolute Gasteiger partial charge is 0.496 e. The molecule has 0 saturated carbocycles. The number of nitrogens with one attached hydrogen (secondary N) is 2. The van der Waals surface area contributed by atoms with Crippen LogP contribution < -0.4 is 15.5 Å². The van der Waals surface area contributed by atoms with Gasteiger partial charge in [0.1, 0.15) is 5.75 Å². The summed E-state index contributed by atoms with van der Waals surface area (Å²) >= 11 is 0. The third kappa shape index (κ3) is 4.45. The van der Waals surface area contributed by atoms with Crippen LogP contribution in [0.25, 0.3) is 0 Å². The highest BCUT2D eigenvalue weighted by Crippen LogP contribution is 2.17. The van der Waals surface area contributed by atoms with Crippen LogP contribution in [0.4, 0.5) is 5.69 Å². The molecule has 0 aliphatic carbocycles. The zero-order chi connectivity index (χ0) is 19.9. The maximum absolute atomic E-state index is 12.3. The number of benzene rings is 2. The summed E-state index contributed by atoms with van der Waals surface area (Å²) < 4.78 is 10.2. The number of hydrazone groups is 1. The van der Waals surface area contributed by atoms with Crippen molar-refractivity contribution in [1.29, 1.82) is 0 Å². The third-order valence-electron chi connectivity index (χ3n) is 3.98. The molecule has 0 unspecified atom stereocenters. The van der Waals surface area contributed by atoms with Crippen molar-refractivity contribution in [3.8, 4) is 5.75 Å². The fourth-order valence-electron chi connectivity index (χ4n) is 2.49. The van der Waals surface area contributed by atoms with Crippen molar-refractivity contribution in [2.75, 3.05) is 12.4 Å². The van der Waals surface area contributed by atoms with Crippen LogP contribution in [0.3, 0.4) is 0 Å². The van der Waals surface area contributed by atoms with Gasteiger partial charge in [0.05, 0.1) is 24.6 Å². The summed E-state index contributed by atoms with van der Waals surface area (Å²) in [4.78, 5) is 24.3. The quantitative estimate of drug-likeness (QED) is 0.506. The van der Waals surface area contributed by atoms with Crippen LogP contribution >= 0.6 is 0 Å². The van der Waals surface area contributed by atoms with Crippen molar-refractivity contribution in [2.45, 2.75) is 6.92 Å². The summed E-state index contributed by atoms with van der Waals surface area (Å²) in [7, 11) is 1.51. The number of methoxy groups -OCH3 is 1. The van der Waals surface area contributed by atoms with Gasteiger partial charge in [0.25, 0.3) is 11.8 Å². The lowest BCUT2D eigenvalue weighted by Crippen LogP contribution is -2.20. The van der Waals surface area contributed by atoms with E-state index in [4.69, 9.17) is 9.15 Å². The smallest absolute Gasteiger partial charge is 0.291 e. The maximum Gasteiger partial charge on any atom is 0.291 e. The molecule has 0 spiro atoms. The summed E-state index contributed by atoms with van der Waals surface area (Å²) in [5, 5.41) is 6.88. The number of amides is 2. The molecule has 142 valence electrons. The first-order valence-corrected chi connectivity index (χ1v) is 8.51. The van der Waals surface area contributed by atoms with Crippen molar-refractivity contribution >= 4 is 23.2 Å². The molecule has 1 aromatic heterocycles. The molecule has 2 aromatic carbocycles. The fraction of sp³-hybridized carbons (Fsp3) is 0.0952. The highest BCUT2D eigenvalue weighted by Gasteiger charge is 2.11. The van der Waals surface area contributed by atoms with E-state index in [2.05, 4.69) is 15.8 Å². The highest BCUT2D eigenvalue weighted by atomic mass is 16.5. The predicted octanol–water partition coefficient (Wildman–Crippen LogP) is 3.69. The highest BCUT2D eigenvalue weighted by molar-refractivity contribution is 6.04. The van der Waals surface area contributed by atoms with Gasteiger partial charge in [0.2, 0.25) is 0 Å². The zero-order valence-corrected chi connectivity index (χ0v) is 15.4. The van der Waals surface area contributed by atoms with Gasteiger partial charge >= 0.3 is 0 Å². The SMILES string of the molecule is COc1ccccc1C(=O)NN=C(C)c1ccc(NC(=O)c2ccco2)cc1. The van der Waals surface area contributed by atoms with E-state index in [0.29, 0.717) is 22.7 Å². The fourth-order valence-corrected chi connectivity index (χ4v) is 2.49. The van der Waals surface area contributed by atoms with E-state index in [-0.39, 0.29) is 17.6 Å². The molecule has 2 amide bonds. The monoisotopic (exact) mass is 377 g/mol. The molecule has 3 rings (SSSR count). The van der Waals surface area contributed by atoms with Crippen LogP contribution in [-0.2, 0) is 0 Å². The Morgan fingerprint density at radius 3 is 2.39 bits per heavy atom. The lowest BCUT2D eigenvalue weighted by atomic mass is 10.1. The van der Waals surface area contributed by atoms with E-state index in [1.54, 1.807) is 67.6 Å². The van der Waals surface area contributed by atoms with Crippen LogP contribution in [0.2, 0.25) is 0 Å². The number of furan rings is 1. The van der Waals surface area contributed by atoms with Gasteiger partial charge in [0, 0.05) is 5.69 Å². The lowest BCUT2D eigenvalue weighted by Gasteiger charge is -2.08. The van der Waals surface area contributed by atoms with Crippen molar-refractivity contribution in [3.63, 3.8) is 0 Å². The molecular weight excluding hydrogens is 358 g/mol. The molecule has 3 aromatic rings. The summed E-state index contributed by atoms with van der Waals surface area (Å²) in [6, 6.07) is 17.2. The Morgan fingerprint density at radius 2 is 1.71 bits per heavy atom. The molecule has 0 fully saturated rings. The Balaban J connectivity index is 1.64. The number of hydrogen-bond acceptors (Lipinski definition) is 5. The van der Waals surface area contributed by atoms with Gasteiger partial charge in [-0.25, -0.2) is 5.43 Å². The molecule has 7 nitrogen and oxygen atoms in total. The zero-order valence-electron chi connectivity index (χ0n) is 15.4. The van der Waals surface area contributed by atoms with E-state index in [0.717, 1.165) is 5.56 Å². The van der Waals surface area contributed by atoms with Gasteiger partial charge < -0.3 is 14.5 Å². The summed E-state index contributed by atoms with van der Waals surface area (Å²) in [5.74, 6) is 0.0247. The molecule has 0 bridgehead atoms. The number of hydrogen-bond donors (Lipinski definition) is 2. The number of rotatable bonds is 6. The van der Waals surface area contributed by atoms with Crippen molar-refractivity contribution in [1.82, 2.24) is 5.43 Å². The second-order valence-corrected chi connectivity index (χ2v) is 5.85. The van der Waals surface area contributed by atoms with Crippen LogP contribution in [0.5, 0.6) is 5.75 Å². The molecule has 1 heterocycles. The van der Waals surface area contributed by atoms with E-state index < -0.39 is 0 Å². The van der Waals surface area contributed by atoms with E-state index in [9.17, 15) is 9.59 Å². The van der Waals surface area contributed by atoms with E-state index in [1.165, 1.54) is 13.4 Å². The molecule has 28 heavy (non-hydrogen) atoms. The number of para-hydroxylation sites is 1. The van der Waals surface area contributed by atoms with E-state index >= 15 is 0 Å². The predicted molar refractivity (Wildman–Crippen MR) is 106 cm³/mol. The average Bonchev–Trinajstić information content (AvgIpc) is 3.27. The van der Waals surface area contributed by atoms with Crippen molar-refractivity contribution in [2.24, 2.45) is 5.10 Å². The molecule has 7 heteroatoms. The molecule has 0 aliphatic rings. The number of ether oxygens (including phenoxy) is 1. The number of nitrogens with zero attached hydrogens (tertiary/aromatic N) is 1. The number of anilines is 1. The summed E-state index contributed by atoms with van der Waals surface area (Å²) in [5.41, 5.74) is 4.97. The Kier molecular flexibility index (Phi) is 5.86. The summed E-state index contributed by atoms with van der Waals surface area (Å²) in [6.45, 7) is 1.78. The van der Waals surface area contributed by atoms with Crippen LogP contribution in [0.1, 0.15) is 33.4 Å². The Hall–Kier alpha value is -3.87. The van der Waals surface area contributed by atoms with Crippen molar-refractivity contribution in [3.05, 3.63) is 83.8 Å². The standard InChI is InChI=1S/C21H19N3O4/c1-14(23-24-20(25)17-6-3-4-7-18(17)27-2)15-9-11-16(12-10-15)22-21(26)19-8-5-13-28-19/h3-13H,1-2H3,(H,22,26)(H,24,25). The second kappa shape index (κ2) is 8.68. The average molecular weight is 377 g/mol. The number of carbonyl (C=O) groups is 2. The minimum atomic E-state index is -0.362. The van der Waals surface area contributed by atoms with Crippen LogP contribution in [0, 0.1) is 0 Å². The maximum atomic E-state index is 12.3. The van der Waals surface area contributed by atoms with Crippen molar-refractivity contribution < 1.29 is 18.7 Å². The van der Waals surface area contributed by atoms with Gasteiger partial charge in [-0.1, -0.05) is 24.3 Å². The van der Waals surface area contributed by atoms with Gasteiger partial charge in [-0.15, -0.1) is 0 Å². The van der Waals surface area contributed by atoms with Gasteiger partial charge in [0.15, 0.2) is 5.76 Å². The summed E-state index contributed by atoms with van der Waals surface area (Å²) in [6.07, 6.45) is 1.44. The molecule has 0 radical (unpaired) electrons. The molecule has 0 atom stereocenters. The van der Waals surface area contributed by atoms with Gasteiger partial charge in [-0.3, -0.25) is 9.59 Å². The van der Waals surface area contributed by atoms with E-state index in [1.807, 2.05) is 0 Å². The first kappa shape index (κ1) is 18.9. The lowest BCUT2D eigenvalue weighted by molar-refractivity contribution is 0.0950. The van der Waals surface area contributed by atoms with Gasteiger partial charge in [-0.2, -0.15) is 5.10 Å². The molecular formula is C21H19N3O4. The molecule has 0 saturated heterocycles. The first-order valence-electron chi connectivity index (χ1n) is 8.51. The minimum absolute atomic E-state index is 0.237. The first-order chi connectivity index (χ1) is 13.6. The Morgan fingerprint density at radius 1 is 0.964 bits per heavy atom. The Bertz CT molecular complexity index is 993. The van der Waals surface area contributed by atoms with Crippen LogP contribution in [0.15, 0.2) is 76.4 Å². The Labute approximate surface area is 162 Å². The van der Waals surface area contributed by atoms with Crippen LogP contribution in [-0.4, -0.2) is 24.6 Å².